The molecule has 0 fully saturated rings. The van der Waals surface area contributed by atoms with Crippen molar-refractivity contribution in [1.82, 2.24) is 19.5 Å². The highest BCUT2D eigenvalue weighted by Gasteiger charge is 2.03. The maximum atomic E-state index is 4.23. The van der Waals surface area contributed by atoms with Crippen LogP contribution >= 0.6 is 0 Å². The second kappa shape index (κ2) is 3.73. The van der Waals surface area contributed by atoms with E-state index >= 15 is 0 Å². The molecule has 0 N–H and O–H groups in total. The number of aromatic nitrogens is 4. The minimum absolute atomic E-state index is 0.766. The van der Waals surface area contributed by atoms with Gasteiger partial charge in [-0.1, -0.05) is 30.3 Å². The summed E-state index contributed by atoms with van der Waals surface area (Å²) in [5.41, 5.74) is 2.84. The lowest BCUT2D eigenvalue weighted by molar-refractivity contribution is 0.812. The molecule has 2 heterocycles. The fourth-order valence-corrected chi connectivity index (χ4v) is 1.67. The summed E-state index contributed by atoms with van der Waals surface area (Å²) >= 11 is 0. The maximum absolute atomic E-state index is 4.23. The number of fused-ring (bicyclic) bond motifs is 1. The Morgan fingerprint density at radius 1 is 1.19 bits per heavy atom. The Hall–Kier alpha value is -2.23. The molecule has 4 heteroatoms. The highest BCUT2D eigenvalue weighted by atomic mass is 15.1. The minimum Gasteiger partial charge on any atom is -0.311 e. The lowest BCUT2D eigenvalue weighted by Gasteiger charge is -2.02. The van der Waals surface area contributed by atoms with E-state index in [1.54, 1.807) is 12.5 Å². The predicted molar refractivity (Wildman–Crippen MR) is 59.7 cm³/mol. The van der Waals surface area contributed by atoms with Crippen molar-refractivity contribution in [2.45, 2.75) is 6.54 Å². The Morgan fingerprint density at radius 2 is 2.06 bits per heavy atom. The third-order valence-electron chi connectivity index (χ3n) is 2.43. The molecule has 0 saturated heterocycles. The lowest BCUT2D eigenvalue weighted by atomic mass is 10.2. The van der Waals surface area contributed by atoms with Crippen molar-refractivity contribution < 1.29 is 0 Å². The number of nitrogens with zero attached hydrogens (tertiary/aromatic N) is 4. The van der Waals surface area contributed by atoms with Crippen LogP contribution in [0, 0.1) is 6.33 Å². The Labute approximate surface area is 92.6 Å². The summed E-state index contributed by atoms with van der Waals surface area (Å²) in [7, 11) is 0. The Balaban J connectivity index is 2.01. The van der Waals surface area contributed by atoms with Crippen molar-refractivity contribution >= 4 is 11.2 Å². The average Bonchev–Trinajstić information content (AvgIpc) is 2.74. The second-order valence-corrected chi connectivity index (χ2v) is 3.54. The fraction of sp³-hybridized carbons (Fsp3) is 0.0833. The summed E-state index contributed by atoms with van der Waals surface area (Å²) in [6.07, 6.45) is 6.04. The maximum Gasteiger partial charge on any atom is 0.199 e. The van der Waals surface area contributed by atoms with Crippen molar-refractivity contribution in [2.24, 2.45) is 0 Å². The summed E-state index contributed by atoms with van der Waals surface area (Å²) in [5.74, 6) is 0. The molecule has 3 rings (SSSR count). The molecule has 0 amide bonds. The van der Waals surface area contributed by atoms with Crippen LogP contribution in [-0.2, 0) is 6.54 Å². The molecule has 0 bridgehead atoms. The minimum atomic E-state index is 0.766. The normalized spacial score (nSPS) is 10.8. The van der Waals surface area contributed by atoms with Crippen molar-refractivity contribution in [2.75, 3.05) is 0 Å². The molecule has 0 aliphatic heterocycles. The van der Waals surface area contributed by atoms with Crippen LogP contribution in [0.1, 0.15) is 5.56 Å². The van der Waals surface area contributed by atoms with E-state index in [9.17, 15) is 0 Å². The highest BCUT2D eigenvalue weighted by Crippen LogP contribution is 2.10. The van der Waals surface area contributed by atoms with Gasteiger partial charge in [0.15, 0.2) is 12.0 Å². The largest absolute Gasteiger partial charge is 0.311 e. The summed E-state index contributed by atoms with van der Waals surface area (Å²) < 4.78 is 1.99. The van der Waals surface area contributed by atoms with Crippen molar-refractivity contribution in [3.63, 3.8) is 0 Å². The van der Waals surface area contributed by atoms with E-state index in [-0.39, 0.29) is 0 Å². The quantitative estimate of drug-likeness (QED) is 0.645. The first-order valence-corrected chi connectivity index (χ1v) is 5.01. The molecule has 16 heavy (non-hydrogen) atoms. The van der Waals surface area contributed by atoms with Crippen LogP contribution in [0.2, 0.25) is 0 Å². The summed E-state index contributed by atoms with van der Waals surface area (Å²) in [5, 5.41) is 0. The van der Waals surface area contributed by atoms with Crippen LogP contribution < -0.4 is 0 Å². The summed E-state index contributed by atoms with van der Waals surface area (Å²) in [4.78, 5) is 12.2. The van der Waals surface area contributed by atoms with Crippen LogP contribution in [0.25, 0.3) is 11.2 Å². The third kappa shape index (κ3) is 1.54. The zero-order valence-corrected chi connectivity index (χ0v) is 8.54. The first kappa shape index (κ1) is 9.03. The molecule has 0 aliphatic rings. The SMILES string of the molecule is [c]1ncc2ncn(Cc3ccccc3)c2n1. The van der Waals surface area contributed by atoms with Crippen LogP contribution in [0.5, 0.6) is 0 Å². The van der Waals surface area contributed by atoms with Gasteiger partial charge in [0.1, 0.15) is 5.52 Å². The Morgan fingerprint density at radius 3 is 2.94 bits per heavy atom. The number of hydrogen-bond acceptors (Lipinski definition) is 3. The first-order chi connectivity index (χ1) is 7.93. The number of rotatable bonds is 2. The van der Waals surface area contributed by atoms with Crippen molar-refractivity contribution in [3.05, 3.63) is 54.7 Å². The van der Waals surface area contributed by atoms with Crippen molar-refractivity contribution in [1.29, 1.82) is 0 Å². The zero-order valence-electron chi connectivity index (χ0n) is 8.54. The van der Waals surface area contributed by atoms with Gasteiger partial charge >= 0.3 is 0 Å². The average molecular weight is 209 g/mol. The monoisotopic (exact) mass is 209 g/mol. The molecule has 2 aromatic heterocycles. The van der Waals surface area contributed by atoms with Crippen molar-refractivity contribution in [3.8, 4) is 0 Å². The van der Waals surface area contributed by atoms with Gasteiger partial charge in [-0.25, -0.2) is 15.0 Å². The van der Waals surface area contributed by atoms with E-state index in [4.69, 9.17) is 0 Å². The van der Waals surface area contributed by atoms with E-state index in [1.165, 1.54) is 5.56 Å². The second-order valence-electron chi connectivity index (χ2n) is 3.54. The number of benzene rings is 1. The van der Waals surface area contributed by atoms with Crippen LogP contribution in [-0.4, -0.2) is 19.5 Å². The Kier molecular flexibility index (Phi) is 2.11. The van der Waals surface area contributed by atoms with E-state index < -0.39 is 0 Å². The topological polar surface area (TPSA) is 43.6 Å². The smallest absolute Gasteiger partial charge is 0.199 e. The standard InChI is InChI=1S/C12H9N4/c1-2-4-10(5-3-1)7-16-9-15-11-6-13-8-14-12(11)16/h1-6,9H,7H2. The van der Waals surface area contributed by atoms with Crippen LogP contribution in [0.3, 0.4) is 0 Å². The predicted octanol–water partition coefficient (Wildman–Crippen LogP) is 1.67. The highest BCUT2D eigenvalue weighted by molar-refractivity contribution is 5.68. The molecule has 0 aliphatic carbocycles. The van der Waals surface area contributed by atoms with E-state index in [0.29, 0.717) is 0 Å². The van der Waals surface area contributed by atoms with Gasteiger partial charge in [-0.2, -0.15) is 0 Å². The summed E-state index contributed by atoms with van der Waals surface area (Å²) in [6.45, 7) is 0.766. The molecule has 77 valence electrons. The molecule has 0 atom stereocenters. The van der Waals surface area contributed by atoms with Crippen LogP contribution in [0.4, 0.5) is 0 Å². The molecule has 0 unspecified atom stereocenters. The molecule has 3 aromatic rings. The van der Waals surface area contributed by atoms with Crippen LogP contribution in [0.15, 0.2) is 42.9 Å². The van der Waals surface area contributed by atoms with Gasteiger partial charge in [-0.15, -0.1) is 0 Å². The molecule has 1 radical (unpaired) electrons. The first-order valence-electron chi connectivity index (χ1n) is 5.01. The van der Waals surface area contributed by atoms with Gasteiger partial charge in [-0.3, -0.25) is 0 Å². The Bertz CT molecular complexity index is 600. The fourth-order valence-electron chi connectivity index (χ4n) is 1.67. The molecule has 4 nitrogen and oxygen atoms in total. The van der Waals surface area contributed by atoms with Gasteiger partial charge in [-0.05, 0) is 5.56 Å². The zero-order chi connectivity index (χ0) is 10.8. The van der Waals surface area contributed by atoms with Gasteiger partial charge in [0.25, 0.3) is 0 Å². The van der Waals surface area contributed by atoms with E-state index in [2.05, 4.69) is 33.4 Å². The van der Waals surface area contributed by atoms with Gasteiger partial charge in [0.05, 0.1) is 19.1 Å². The lowest BCUT2D eigenvalue weighted by Crippen LogP contribution is -1.98. The molecule has 1 aromatic carbocycles. The molecule has 0 saturated carbocycles. The number of hydrogen-bond donors (Lipinski definition) is 0. The summed E-state index contributed by atoms with van der Waals surface area (Å²) in [6, 6.07) is 10.2. The van der Waals surface area contributed by atoms with E-state index in [0.717, 1.165) is 17.7 Å². The number of imidazole rings is 1. The molecular formula is C12H9N4. The van der Waals surface area contributed by atoms with Gasteiger partial charge < -0.3 is 4.57 Å². The van der Waals surface area contributed by atoms with Gasteiger partial charge in [0.2, 0.25) is 0 Å². The molecule has 0 spiro atoms. The van der Waals surface area contributed by atoms with Gasteiger partial charge in [0, 0.05) is 0 Å². The van der Waals surface area contributed by atoms with E-state index in [1.807, 2.05) is 22.8 Å². The molecular weight excluding hydrogens is 200 g/mol. The third-order valence-corrected chi connectivity index (χ3v) is 2.43.